The molecule has 0 spiro atoms. The first-order valence-corrected chi connectivity index (χ1v) is 7.28. The topological polar surface area (TPSA) is 76.4 Å². The Bertz CT molecular complexity index is 567. The molecule has 1 saturated heterocycles. The van der Waals surface area contributed by atoms with E-state index in [1.807, 2.05) is 17.5 Å². The van der Waals surface area contributed by atoms with Gasteiger partial charge in [-0.1, -0.05) is 6.07 Å². The number of oxazole rings is 1. The molecule has 3 rings (SSSR count). The first kappa shape index (κ1) is 16.0. The Hall–Kier alpha value is -1.41. The number of hydrogen-bond donors (Lipinski definition) is 2. The molecule has 1 aliphatic heterocycles. The van der Waals surface area contributed by atoms with Crippen molar-refractivity contribution >= 4 is 29.7 Å². The third-order valence-corrected chi connectivity index (χ3v) is 3.82. The molecule has 6 nitrogen and oxygen atoms in total. The lowest BCUT2D eigenvalue weighted by molar-refractivity contribution is -0.126. The second-order valence-electron chi connectivity index (χ2n) is 4.42. The summed E-state index contributed by atoms with van der Waals surface area (Å²) in [6.45, 7) is 2.11. The van der Waals surface area contributed by atoms with E-state index in [9.17, 15) is 4.79 Å². The van der Waals surface area contributed by atoms with Gasteiger partial charge in [-0.3, -0.25) is 4.79 Å². The molecule has 0 aliphatic carbocycles. The van der Waals surface area contributed by atoms with Crippen molar-refractivity contribution in [3.63, 3.8) is 0 Å². The number of carbonyl (C=O) groups is 1. The standard InChI is InChI=1S/C13H15N3O3S.ClH/c17-12(10-8-18-4-3-14-10)15-6-9-7-19-13(16-9)11-2-1-5-20-11;/h1-2,5,7,10,14H,3-4,6,8H2,(H,15,17);1H. The van der Waals surface area contributed by atoms with Gasteiger partial charge in [-0.25, -0.2) is 4.98 Å². The molecule has 3 heterocycles. The number of nitrogens with zero attached hydrogens (tertiary/aromatic N) is 1. The van der Waals surface area contributed by atoms with Crippen molar-refractivity contribution in [2.24, 2.45) is 0 Å². The normalized spacial score (nSPS) is 18.0. The van der Waals surface area contributed by atoms with Gasteiger partial charge in [0.25, 0.3) is 0 Å². The van der Waals surface area contributed by atoms with E-state index in [1.165, 1.54) is 0 Å². The van der Waals surface area contributed by atoms with Crippen LogP contribution in [-0.2, 0) is 16.1 Å². The van der Waals surface area contributed by atoms with E-state index in [1.54, 1.807) is 17.6 Å². The summed E-state index contributed by atoms with van der Waals surface area (Å²) in [5, 5.41) is 7.90. The molecule has 2 N–H and O–H groups in total. The second-order valence-corrected chi connectivity index (χ2v) is 5.37. The van der Waals surface area contributed by atoms with E-state index in [2.05, 4.69) is 15.6 Å². The van der Waals surface area contributed by atoms with Crippen LogP contribution < -0.4 is 10.6 Å². The van der Waals surface area contributed by atoms with Crippen LogP contribution in [-0.4, -0.2) is 36.7 Å². The number of amides is 1. The van der Waals surface area contributed by atoms with Crippen molar-refractivity contribution in [2.75, 3.05) is 19.8 Å². The number of thiophene rings is 1. The molecule has 0 aromatic carbocycles. The summed E-state index contributed by atoms with van der Waals surface area (Å²) in [4.78, 5) is 17.2. The van der Waals surface area contributed by atoms with Crippen molar-refractivity contribution < 1.29 is 13.9 Å². The van der Waals surface area contributed by atoms with Gasteiger partial charge in [0.05, 0.1) is 30.3 Å². The quantitative estimate of drug-likeness (QED) is 0.887. The Morgan fingerprint density at radius 2 is 2.48 bits per heavy atom. The summed E-state index contributed by atoms with van der Waals surface area (Å²) in [5.74, 6) is 0.508. The third-order valence-electron chi connectivity index (χ3n) is 2.97. The lowest BCUT2D eigenvalue weighted by atomic mass is 10.2. The number of halogens is 1. The smallest absolute Gasteiger partial charge is 0.239 e. The predicted octanol–water partition coefficient (Wildman–Crippen LogP) is 1.43. The van der Waals surface area contributed by atoms with E-state index in [0.717, 1.165) is 4.88 Å². The van der Waals surface area contributed by atoms with E-state index < -0.39 is 0 Å². The largest absolute Gasteiger partial charge is 0.443 e. The van der Waals surface area contributed by atoms with Crippen LogP contribution in [0.2, 0.25) is 0 Å². The molecule has 1 aliphatic rings. The summed E-state index contributed by atoms with van der Waals surface area (Å²) in [7, 11) is 0. The molecule has 1 atom stereocenters. The highest BCUT2D eigenvalue weighted by molar-refractivity contribution is 7.13. The summed E-state index contributed by atoms with van der Waals surface area (Å²) in [5.41, 5.74) is 0.707. The minimum absolute atomic E-state index is 0. The molecule has 2 aromatic rings. The second kappa shape index (κ2) is 7.56. The lowest BCUT2D eigenvalue weighted by Gasteiger charge is -2.22. The van der Waals surface area contributed by atoms with Crippen molar-refractivity contribution in [3.05, 3.63) is 29.5 Å². The minimum atomic E-state index is -0.285. The molecule has 1 unspecified atom stereocenters. The van der Waals surface area contributed by atoms with E-state index in [4.69, 9.17) is 9.15 Å². The maximum absolute atomic E-state index is 11.9. The van der Waals surface area contributed by atoms with Gasteiger partial charge in [0.1, 0.15) is 12.3 Å². The number of hydrogen-bond acceptors (Lipinski definition) is 6. The molecule has 1 amide bonds. The molecule has 1 fully saturated rings. The van der Waals surface area contributed by atoms with Crippen molar-refractivity contribution in [3.8, 4) is 10.8 Å². The molecule has 0 radical (unpaired) electrons. The maximum Gasteiger partial charge on any atom is 0.239 e. The molecule has 2 aromatic heterocycles. The summed E-state index contributed by atoms with van der Waals surface area (Å²) in [6.07, 6.45) is 1.57. The molecule has 0 saturated carbocycles. The Balaban J connectivity index is 0.00000161. The molecule has 0 bridgehead atoms. The average Bonchev–Trinajstić information content (AvgIpc) is 3.16. The summed E-state index contributed by atoms with van der Waals surface area (Å²) >= 11 is 1.57. The number of morpholine rings is 1. The van der Waals surface area contributed by atoms with Crippen LogP contribution in [0.3, 0.4) is 0 Å². The molecule has 21 heavy (non-hydrogen) atoms. The zero-order valence-corrected chi connectivity index (χ0v) is 12.8. The lowest BCUT2D eigenvalue weighted by Crippen LogP contribution is -2.51. The van der Waals surface area contributed by atoms with Crippen LogP contribution in [0.4, 0.5) is 0 Å². The number of carbonyl (C=O) groups excluding carboxylic acids is 1. The van der Waals surface area contributed by atoms with Crippen LogP contribution in [0.25, 0.3) is 10.8 Å². The minimum Gasteiger partial charge on any atom is -0.443 e. The van der Waals surface area contributed by atoms with Gasteiger partial charge in [0.15, 0.2) is 0 Å². The van der Waals surface area contributed by atoms with Gasteiger partial charge in [-0.05, 0) is 11.4 Å². The molecule has 8 heteroatoms. The van der Waals surface area contributed by atoms with E-state index in [0.29, 0.717) is 37.9 Å². The number of ether oxygens (including phenoxy) is 1. The molecular formula is C13H16ClN3O3S. The number of nitrogens with one attached hydrogen (secondary N) is 2. The van der Waals surface area contributed by atoms with Crippen LogP contribution in [0.5, 0.6) is 0 Å². The van der Waals surface area contributed by atoms with Crippen LogP contribution in [0.1, 0.15) is 5.69 Å². The van der Waals surface area contributed by atoms with Crippen molar-refractivity contribution in [2.45, 2.75) is 12.6 Å². The fourth-order valence-electron chi connectivity index (χ4n) is 1.94. The number of aromatic nitrogens is 1. The Labute approximate surface area is 132 Å². The fraction of sp³-hybridized carbons (Fsp3) is 0.385. The van der Waals surface area contributed by atoms with E-state index in [-0.39, 0.29) is 24.4 Å². The Kier molecular flexibility index (Phi) is 5.75. The van der Waals surface area contributed by atoms with Gasteiger partial charge in [0.2, 0.25) is 11.8 Å². The van der Waals surface area contributed by atoms with Gasteiger partial charge >= 0.3 is 0 Å². The van der Waals surface area contributed by atoms with Crippen molar-refractivity contribution in [1.82, 2.24) is 15.6 Å². The van der Waals surface area contributed by atoms with Crippen LogP contribution >= 0.6 is 23.7 Å². The third kappa shape index (κ3) is 4.04. The van der Waals surface area contributed by atoms with Crippen LogP contribution in [0, 0.1) is 0 Å². The maximum atomic E-state index is 11.9. The highest BCUT2D eigenvalue weighted by atomic mass is 35.5. The van der Waals surface area contributed by atoms with Crippen molar-refractivity contribution in [1.29, 1.82) is 0 Å². The zero-order valence-electron chi connectivity index (χ0n) is 11.2. The predicted molar refractivity (Wildman–Crippen MR) is 81.5 cm³/mol. The van der Waals surface area contributed by atoms with Gasteiger partial charge in [-0.2, -0.15) is 0 Å². The Morgan fingerprint density at radius 1 is 1.57 bits per heavy atom. The van der Waals surface area contributed by atoms with Gasteiger partial charge in [0, 0.05) is 6.54 Å². The highest BCUT2D eigenvalue weighted by Crippen LogP contribution is 2.23. The highest BCUT2D eigenvalue weighted by Gasteiger charge is 2.21. The average molecular weight is 330 g/mol. The zero-order chi connectivity index (χ0) is 13.8. The first-order valence-electron chi connectivity index (χ1n) is 6.40. The van der Waals surface area contributed by atoms with E-state index >= 15 is 0 Å². The van der Waals surface area contributed by atoms with Crippen LogP contribution in [0.15, 0.2) is 28.2 Å². The summed E-state index contributed by atoms with van der Waals surface area (Å²) < 4.78 is 10.6. The van der Waals surface area contributed by atoms with Gasteiger partial charge in [-0.15, -0.1) is 23.7 Å². The SMILES string of the molecule is Cl.O=C(NCc1coc(-c2cccs2)n1)C1COCCN1. The first-order chi connectivity index (χ1) is 9.83. The fourth-order valence-corrected chi connectivity index (χ4v) is 2.59. The Morgan fingerprint density at radius 3 is 3.19 bits per heavy atom. The summed E-state index contributed by atoms with van der Waals surface area (Å²) in [6, 6.07) is 3.61. The number of rotatable bonds is 4. The molecule has 114 valence electrons. The molecular weight excluding hydrogens is 314 g/mol. The van der Waals surface area contributed by atoms with Gasteiger partial charge < -0.3 is 19.8 Å². The monoisotopic (exact) mass is 329 g/mol.